The average molecular weight is 728 g/mol. The Kier molecular flexibility index (Phi) is 10.7. The van der Waals surface area contributed by atoms with E-state index < -0.39 is 93.8 Å². The van der Waals surface area contributed by atoms with Crippen LogP contribution >= 0.6 is 0 Å². The van der Waals surface area contributed by atoms with Gasteiger partial charge in [-0.3, -0.25) is 4.79 Å². The molecule has 0 aliphatic rings. The summed E-state index contributed by atoms with van der Waals surface area (Å²) in [6.45, 7) is -0.677. The summed E-state index contributed by atoms with van der Waals surface area (Å²) in [7, 11) is -5.76. The molecule has 0 spiro atoms. The largest absolute Gasteiger partial charge is 0.480 e. The lowest BCUT2D eigenvalue weighted by molar-refractivity contribution is -0.472. The first kappa shape index (κ1) is 41.9. The van der Waals surface area contributed by atoms with Crippen molar-refractivity contribution in [3.8, 4) is 0 Å². The minimum atomic E-state index is -9.44. The molecule has 44 heavy (non-hydrogen) atoms. The van der Waals surface area contributed by atoms with Gasteiger partial charge in [-0.25, -0.2) is 8.42 Å². The second-order valence-corrected chi connectivity index (χ2v) is 10.5. The Hall–Kier alpha value is -2.13. The molecule has 6 nitrogen and oxygen atoms in total. The molecule has 28 heteroatoms. The van der Waals surface area contributed by atoms with Gasteiger partial charge in [0.15, 0.2) is 0 Å². The molecule has 0 saturated heterocycles. The van der Waals surface area contributed by atoms with Crippen molar-refractivity contribution in [2.24, 2.45) is 0 Å². The highest BCUT2D eigenvalue weighted by molar-refractivity contribution is 7.90. The van der Waals surface area contributed by atoms with Crippen LogP contribution in [0.3, 0.4) is 0 Å². The number of nitrogens with one attached hydrogen (secondary N) is 1. The average Bonchev–Trinajstić information content (AvgIpc) is 2.79. The third kappa shape index (κ3) is 5.80. The molecule has 0 heterocycles. The highest BCUT2D eigenvalue weighted by Crippen LogP contribution is 2.66. The Morgan fingerprint density at radius 3 is 1.11 bits per heavy atom. The molecular weight excluding hydrogens is 715 g/mol. The Balaban J connectivity index is 7.16. The van der Waals surface area contributed by atoms with Crippen LogP contribution in [0.5, 0.6) is 0 Å². The highest BCUT2D eigenvalue weighted by atomic mass is 32.2. The summed E-state index contributed by atoms with van der Waals surface area (Å²) in [6, 6.07) is -3.06. The topological polar surface area (TPSA) is 86.7 Å². The smallest absolute Gasteiger partial charge is 0.460 e. The van der Waals surface area contributed by atoms with Crippen LogP contribution in [0.2, 0.25) is 0 Å². The van der Waals surface area contributed by atoms with Crippen molar-refractivity contribution >= 4 is 16.0 Å². The molecule has 0 saturated carbocycles. The number of hydrogen-bond acceptors (Lipinski definition) is 4. The maximum Gasteiger partial charge on any atom is 0.460 e. The molecule has 0 rings (SSSR count). The minimum absolute atomic E-state index is 0.0550. The van der Waals surface area contributed by atoms with Crippen LogP contribution < -0.4 is 4.72 Å². The summed E-state index contributed by atoms with van der Waals surface area (Å²) in [6.07, 6.45) is -9.36. The molecule has 0 aromatic rings. The fourth-order valence-corrected chi connectivity index (χ4v) is 3.80. The predicted molar refractivity (Wildman–Crippen MR) is 97.2 cm³/mol. The van der Waals surface area contributed by atoms with Crippen molar-refractivity contribution in [3.05, 3.63) is 0 Å². The van der Waals surface area contributed by atoms with E-state index in [1.54, 1.807) is 0 Å². The molecule has 1 atom stereocenters. The first-order chi connectivity index (χ1) is 18.7. The molecule has 264 valence electrons. The number of hydrogen-bond donors (Lipinski definition) is 2. The van der Waals surface area contributed by atoms with Gasteiger partial charge in [-0.15, -0.1) is 0 Å². The van der Waals surface area contributed by atoms with Crippen molar-refractivity contribution in [2.75, 3.05) is 20.6 Å². The standard InChI is InChI=1S/C16H13F21N2O4S/c1-39(2)4-3-5(6(40)41)38-44(42,43)16(36,37)14(31,32)12(27,28)10(23,24)8(19,20)7(17,18)9(21,22)11(25,26)13(29,30)15(33,34)35/h5,38H,3-4H2,1-2H3,(H,40,41). The lowest BCUT2D eigenvalue weighted by atomic mass is 9.87. The molecule has 0 amide bonds. The van der Waals surface area contributed by atoms with Gasteiger partial charge in [0, 0.05) is 0 Å². The molecular formula is C16H13F21N2O4S. The summed E-state index contributed by atoms with van der Waals surface area (Å²) >= 11 is 0. The fraction of sp³-hybridized carbons (Fsp3) is 0.938. The number of alkyl halides is 21. The molecule has 0 aliphatic carbocycles. The summed E-state index contributed by atoms with van der Waals surface area (Å²) in [5, 5.41) is 0.726. The quantitative estimate of drug-likeness (QED) is 0.216. The van der Waals surface area contributed by atoms with Crippen LogP contribution in [0.15, 0.2) is 0 Å². The van der Waals surface area contributed by atoms with E-state index in [4.69, 9.17) is 5.11 Å². The van der Waals surface area contributed by atoms with Crippen LogP contribution in [-0.4, -0.2) is 110 Å². The van der Waals surface area contributed by atoms with E-state index >= 15 is 0 Å². The van der Waals surface area contributed by atoms with Crippen molar-refractivity contribution in [1.29, 1.82) is 0 Å². The number of aliphatic carboxylic acids is 1. The van der Waals surface area contributed by atoms with Crippen molar-refractivity contribution in [1.82, 2.24) is 9.62 Å². The summed E-state index contributed by atoms with van der Waals surface area (Å²) in [5.41, 5.74) is 0. The van der Waals surface area contributed by atoms with Gasteiger partial charge in [-0.2, -0.15) is 96.9 Å². The van der Waals surface area contributed by atoms with E-state index in [2.05, 4.69) is 0 Å². The number of carboxylic acids is 1. The van der Waals surface area contributed by atoms with Gasteiger partial charge in [0.05, 0.1) is 0 Å². The molecule has 0 aromatic heterocycles. The Bertz CT molecular complexity index is 1170. The number of halogens is 21. The SMILES string of the molecule is CN(C)CCC(NS(=O)(=O)C(F)(F)C(F)(F)C(F)(F)C(F)(F)C(F)(F)C(F)(F)C(F)(F)C(F)(F)C(F)(F)C(F)(F)F)C(=O)O. The molecule has 0 fully saturated rings. The van der Waals surface area contributed by atoms with E-state index in [0.29, 0.717) is 0 Å². The van der Waals surface area contributed by atoms with Crippen LogP contribution in [0.4, 0.5) is 92.2 Å². The third-order valence-corrected chi connectivity index (χ3v) is 6.81. The van der Waals surface area contributed by atoms with E-state index in [1.807, 2.05) is 0 Å². The zero-order valence-electron chi connectivity index (χ0n) is 20.5. The van der Waals surface area contributed by atoms with Gasteiger partial charge in [-0.05, 0) is 27.1 Å². The minimum Gasteiger partial charge on any atom is -0.480 e. The number of carbonyl (C=O) groups is 1. The molecule has 0 bridgehead atoms. The van der Waals surface area contributed by atoms with Gasteiger partial charge in [0.1, 0.15) is 6.04 Å². The zero-order valence-corrected chi connectivity index (χ0v) is 21.3. The van der Waals surface area contributed by atoms with Crippen molar-refractivity contribution in [2.45, 2.75) is 71.3 Å². The Morgan fingerprint density at radius 2 is 0.864 bits per heavy atom. The summed E-state index contributed by atoms with van der Waals surface area (Å²) in [5.74, 6) is -75.6. The summed E-state index contributed by atoms with van der Waals surface area (Å²) < 4.78 is 305. The Labute approximate surface area is 229 Å². The lowest BCUT2D eigenvalue weighted by Crippen LogP contribution is -2.77. The van der Waals surface area contributed by atoms with Gasteiger partial charge < -0.3 is 10.0 Å². The molecule has 1 unspecified atom stereocenters. The van der Waals surface area contributed by atoms with Crippen LogP contribution in [0.25, 0.3) is 0 Å². The first-order valence-electron chi connectivity index (χ1n) is 10.1. The maximum absolute atomic E-state index is 14.1. The van der Waals surface area contributed by atoms with Gasteiger partial charge >= 0.3 is 64.8 Å². The van der Waals surface area contributed by atoms with Gasteiger partial charge in [0.2, 0.25) is 0 Å². The number of sulfonamides is 1. The van der Waals surface area contributed by atoms with E-state index in [9.17, 15) is 105 Å². The molecule has 0 aliphatic heterocycles. The molecule has 0 aromatic carbocycles. The fourth-order valence-electron chi connectivity index (χ4n) is 2.59. The van der Waals surface area contributed by atoms with E-state index in [0.717, 1.165) is 19.0 Å². The van der Waals surface area contributed by atoms with E-state index in [1.165, 1.54) is 0 Å². The second-order valence-electron chi connectivity index (χ2n) is 8.71. The lowest BCUT2D eigenvalue weighted by Gasteiger charge is -2.44. The number of nitrogens with zero attached hydrogens (tertiary/aromatic N) is 1. The Morgan fingerprint density at radius 1 is 0.591 bits per heavy atom. The van der Waals surface area contributed by atoms with E-state index in [-0.39, 0.29) is 4.72 Å². The zero-order chi connectivity index (χ0) is 36.4. The monoisotopic (exact) mass is 728 g/mol. The van der Waals surface area contributed by atoms with Crippen LogP contribution in [-0.2, 0) is 14.8 Å². The van der Waals surface area contributed by atoms with Gasteiger partial charge in [-0.1, -0.05) is 0 Å². The summed E-state index contributed by atoms with van der Waals surface area (Å²) in [4.78, 5) is 11.9. The maximum atomic E-state index is 14.1. The molecule has 0 radical (unpaired) electrons. The van der Waals surface area contributed by atoms with Crippen molar-refractivity contribution in [3.63, 3.8) is 0 Å². The predicted octanol–water partition coefficient (Wildman–Crippen LogP) is 5.55. The highest BCUT2D eigenvalue weighted by Gasteiger charge is 2.98. The second kappa shape index (κ2) is 11.3. The van der Waals surface area contributed by atoms with Crippen molar-refractivity contribution < 1.29 is 111 Å². The number of carboxylic acid groups (broad SMARTS) is 1. The normalized spacial score (nSPS) is 16.8. The van der Waals surface area contributed by atoms with Crippen LogP contribution in [0, 0.1) is 0 Å². The van der Waals surface area contributed by atoms with Crippen LogP contribution in [0.1, 0.15) is 6.42 Å². The third-order valence-electron chi connectivity index (χ3n) is 5.28. The van der Waals surface area contributed by atoms with Gasteiger partial charge in [0.25, 0.3) is 10.0 Å². The first-order valence-corrected chi connectivity index (χ1v) is 11.6. The molecule has 2 N–H and O–H groups in total. The number of rotatable bonds is 15.